The number of aromatic amines is 1. The maximum atomic E-state index is 12.1. The number of aromatic nitrogens is 2. The molecule has 0 aliphatic rings. The van der Waals surface area contributed by atoms with Crippen molar-refractivity contribution in [2.75, 3.05) is 12.8 Å². The monoisotopic (exact) mass is 307 g/mol. The number of carbonyl (C=O) groups is 1. The summed E-state index contributed by atoms with van der Waals surface area (Å²) in [5.41, 5.74) is 2.04. The van der Waals surface area contributed by atoms with Crippen LogP contribution >= 0.6 is 0 Å². The molecule has 2 N–H and O–H groups in total. The second-order valence-electron chi connectivity index (χ2n) is 4.83. The van der Waals surface area contributed by atoms with E-state index in [1.54, 1.807) is 25.5 Å². The first-order chi connectivity index (χ1) is 9.88. The summed E-state index contributed by atoms with van der Waals surface area (Å²) in [7, 11) is -3.32. The molecule has 0 atom stereocenters. The van der Waals surface area contributed by atoms with E-state index < -0.39 is 9.84 Å². The summed E-state index contributed by atoms with van der Waals surface area (Å²) in [4.78, 5) is 19.1. The Hall–Kier alpha value is -2.15. The van der Waals surface area contributed by atoms with Gasteiger partial charge in [-0.15, -0.1) is 0 Å². The quantitative estimate of drug-likeness (QED) is 0.865. The average Bonchev–Trinajstić information content (AvgIpc) is 2.91. The second-order valence-corrected chi connectivity index (χ2v) is 6.85. The molecule has 0 saturated carbocycles. The minimum absolute atomic E-state index is 0.145. The number of rotatable bonds is 5. The highest BCUT2D eigenvalue weighted by atomic mass is 32.2. The Morgan fingerprint density at radius 2 is 2.14 bits per heavy atom. The first-order valence-corrected chi connectivity index (χ1v) is 8.33. The zero-order chi connectivity index (χ0) is 15.5. The molecule has 0 aliphatic carbocycles. The number of hydrogen-bond acceptors (Lipinski definition) is 4. The number of H-pyrrole nitrogens is 1. The number of sulfone groups is 1. The molecule has 6 nitrogen and oxygen atoms in total. The van der Waals surface area contributed by atoms with Crippen molar-refractivity contribution in [2.24, 2.45) is 0 Å². The third-order valence-corrected chi connectivity index (χ3v) is 4.23. The Balaban J connectivity index is 2.08. The molecular formula is C14H17N3O3S. The summed E-state index contributed by atoms with van der Waals surface area (Å²) in [6.45, 7) is 2.22. The van der Waals surface area contributed by atoms with Gasteiger partial charge in [0.25, 0.3) is 5.91 Å². The van der Waals surface area contributed by atoms with Gasteiger partial charge in [0.1, 0.15) is 0 Å². The largest absolute Gasteiger partial charge is 0.352 e. The summed E-state index contributed by atoms with van der Waals surface area (Å²) in [5.74, 6) is -0.280. The predicted molar refractivity (Wildman–Crippen MR) is 78.9 cm³/mol. The molecule has 1 amide bonds. The molecule has 112 valence electrons. The van der Waals surface area contributed by atoms with Crippen molar-refractivity contribution in [1.29, 1.82) is 0 Å². The highest BCUT2D eigenvalue weighted by Crippen LogP contribution is 2.15. The SMILES string of the molecule is Cc1ccc(S(C)(=O)=O)cc1C(=O)NCCc1cnc[nH]1. The second kappa shape index (κ2) is 6.09. The van der Waals surface area contributed by atoms with Crippen LogP contribution in [0.25, 0.3) is 0 Å². The third kappa shape index (κ3) is 3.91. The zero-order valence-corrected chi connectivity index (χ0v) is 12.7. The number of carbonyl (C=O) groups excluding carboxylic acids is 1. The number of imidazole rings is 1. The van der Waals surface area contributed by atoms with Gasteiger partial charge in [-0.05, 0) is 24.6 Å². The van der Waals surface area contributed by atoms with E-state index in [0.717, 1.165) is 17.5 Å². The van der Waals surface area contributed by atoms with E-state index in [1.165, 1.54) is 12.1 Å². The molecule has 21 heavy (non-hydrogen) atoms. The lowest BCUT2D eigenvalue weighted by Gasteiger charge is -2.09. The number of hydrogen-bond donors (Lipinski definition) is 2. The van der Waals surface area contributed by atoms with Crippen molar-refractivity contribution < 1.29 is 13.2 Å². The first-order valence-electron chi connectivity index (χ1n) is 6.44. The van der Waals surface area contributed by atoms with Crippen LogP contribution in [0.4, 0.5) is 0 Å². The molecule has 2 aromatic rings. The van der Waals surface area contributed by atoms with Crippen LogP contribution in [0.5, 0.6) is 0 Å². The van der Waals surface area contributed by atoms with Gasteiger partial charge in [-0.2, -0.15) is 0 Å². The van der Waals surface area contributed by atoms with E-state index in [9.17, 15) is 13.2 Å². The smallest absolute Gasteiger partial charge is 0.251 e. The van der Waals surface area contributed by atoms with Gasteiger partial charge in [0.05, 0.1) is 11.2 Å². The Morgan fingerprint density at radius 3 is 2.76 bits per heavy atom. The van der Waals surface area contributed by atoms with Crippen molar-refractivity contribution >= 4 is 15.7 Å². The van der Waals surface area contributed by atoms with E-state index in [4.69, 9.17) is 0 Å². The van der Waals surface area contributed by atoms with Crippen molar-refractivity contribution in [1.82, 2.24) is 15.3 Å². The molecule has 1 heterocycles. The van der Waals surface area contributed by atoms with Gasteiger partial charge in [0.15, 0.2) is 9.84 Å². The lowest BCUT2D eigenvalue weighted by atomic mass is 10.1. The van der Waals surface area contributed by atoms with Gasteiger partial charge in [-0.3, -0.25) is 4.79 Å². The van der Waals surface area contributed by atoms with Gasteiger partial charge in [-0.1, -0.05) is 6.07 Å². The number of aryl methyl sites for hydroxylation is 1. The molecular weight excluding hydrogens is 290 g/mol. The molecule has 1 aromatic carbocycles. The first kappa shape index (κ1) is 15.2. The Morgan fingerprint density at radius 1 is 1.38 bits per heavy atom. The molecule has 0 spiro atoms. The zero-order valence-electron chi connectivity index (χ0n) is 11.9. The van der Waals surface area contributed by atoms with E-state index in [2.05, 4.69) is 15.3 Å². The fraction of sp³-hybridized carbons (Fsp3) is 0.286. The van der Waals surface area contributed by atoms with Gasteiger partial charge < -0.3 is 10.3 Å². The molecule has 1 aromatic heterocycles. The molecule has 0 fully saturated rings. The maximum Gasteiger partial charge on any atom is 0.251 e. The standard InChI is InChI=1S/C14H17N3O3S/c1-10-3-4-12(21(2,19)20)7-13(10)14(18)16-6-5-11-8-15-9-17-11/h3-4,7-9H,5-6H2,1-2H3,(H,15,17)(H,16,18). The molecule has 0 radical (unpaired) electrons. The van der Waals surface area contributed by atoms with Crippen LogP contribution < -0.4 is 5.32 Å². The minimum Gasteiger partial charge on any atom is -0.352 e. The Labute approximate surface area is 123 Å². The number of nitrogens with one attached hydrogen (secondary N) is 2. The van der Waals surface area contributed by atoms with Crippen LogP contribution in [-0.2, 0) is 16.3 Å². The average molecular weight is 307 g/mol. The summed E-state index contributed by atoms with van der Waals surface area (Å²) < 4.78 is 23.1. The molecule has 0 bridgehead atoms. The van der Waals surface area contributed by atoms with E-state index in [1.807, 2.05) is 0 Å². The highest BCUT2D eigenvalue weighted by molar-refractivity contribution is 7.90. The highest BCUT2D eigenvalue weighted by Gasteiger charge is 2.14. The normalized spacial score (nSPS) is 11.3. The number of benzene rings is 1. The molecule has 2 rings (SSSR count). The third-order valence-electron chi connectivity index (χ3n) is 3.12. The Kier molecular flexibility index (Phi) is 4.42. The van der Waals surface area contributed by atoms with Gasteiger partial charge in [0.2, 0.25) is 0 Å². The van der Waals surface area contributed by atoms with Crippen molar-refractivity contribution in [3.63, 3.8) is 0 Å². The summed E-state index contributed by atoms with van der Waals surface area (Å²) in [6.07, 6.45) is 5.03. The van der Waals surface area contributed by atoms with Crippen molar-refractivity contribution in [3.05, 3.63) is 47.5 Å². The van der Waals surface area contributed by atoms with Crippen LogP contribution in [-0.4, -0.2) is 37.1 Å². The maximum absolute atomic E-state index is 12.1. The predicted octanol–water partition coefficient (Wildman–Crippen LogP) is 1.09. The molecule has 0 unspecified atom stereocenters. The Bertz CT molecular complexity index is 737. The summed E-state index contributed by atoms with van der Waals surface area (Å²) in [6, 6.07) is 4.56. The van der Waals surface area contributed by atoms with Crippen molar-refractivity contribution in [3.8, 4) is 0 Å². The fourth-order valence-electron chi connectivity index (χ4n) is 1.90. The van der Waals surface area contributed by atoms with E-state index >= 15 is 0 Å². The lowest BCUT2D eigenvalue weighted by Crippen LogP contribution is -2.26. The van der Waals surface area contributed by atoms with Crippen LogP contribution in [0.1, 0.15) is 21.6 Å². The molecule has 0 aliphatic heterocycles. The summed E-state index contributed by atoms with van der Waals surface area (Å²) in [5, 5.41) is 2.78. The minimum atomic E-state index is -3.32. The fourth-order valence-corrected chi connectivity index (χ4v) is 2.55. The van der Waals surface area contributed by atoms with Crippen LogP contribution in [0.3, 0.4) is 0 Å². The topological polar surface area (TPSA) is 91.9 Å². The van der Waals surface area contributed by atoms with Crippen LogP contribution in [0.2, 0.25) is 0 Å². The van der Waals surface area contributed by atoms with E-state index in [-0.39, 0.29) is 10.8 Å². The molecule has 7 heteroatoms. The van der Waals surface area contributed by atoms with Gasteiger partial charge in [0, 0.05) is 36.7 Å². The van der Waals surface area contributed by atoms with Crippen LogP contribution in [0, 0.1) is 6.92 Å². The lowest BCUT2D eigenvalue weighted by molar-refractivity contribution is 0.0953. The number of nitrogens with zero attached hydrogens (tertiary/aromatic N) is 1. The van der Waals surface area contributed by atoms with E-state index in [0.29, 0.717) is 18.5 Å². The number of amides is 1. The van der Waals surface area contributed by atoms with Crippen LogP contribution in [0.15, 0.2) is 35.6 Å². The van der Waals surface area contributed by atoms with Crippen molar-refractivity contribution in [2.45, 2.75) is 18.2 Å². The van der Waals surface area contributed by atoms with Gasteiger partial charge >= 0.3 is 0 Å². The molecule has 0 saturated heterocycles. The van der Waals surface area contributed by atoms with Gasteiger partial charge in [-0.25, -0.2) is 13.4 Å². The summed E-state index contributed by atoms with van der Waals surface area (Å²) >= 11 is 0.